The van der Waals surface area contributed by atoms with Crippen molar-refractivity contribution in [3.8, 4) is 0 Å². The number of hydrogen-bond acceptors (Lipinski definition) is 2. The first-order valence-corrected chi connectivity index (χ1v) is 6.46. The topological polar surface area (TPSA) is 40.5 Å². The van der Waals surface area contributed by atoms with Gasteiger partial charge in [-0.05, 0) is 45.2 Å². The molecule has 3 nitrogen and oxygen atoms in total. The van der Waals surface area contributed by atoms with Gasteiger partial charge in [0.05, 0.1) is 0 Å². The van der Waals surface area contributed by atoms with Crippen LogP contribution in [-0.2, 0) is 10.3 Å². The van der Waals surface area contributed by atoms with Gasteiger partial charge in [-0.3, -0.25) is 4.90 Å². The Morgan fingerprint density at radius 3 is 2.67 bits per heavy atom. The average Bonchev–Trinajstić information content (AvgIpc) is 3.11. The molecule has 0 aliphatic heterocycles. The van der Waals surface area contributed by atoms with Gasteiger partial charge in [0.1, 0.15) is 5.54 Å². The minimum absolute atomic E-state index is 0.679. The minimum Gasteiger partial charge on any atom is -0.480 e. The third kappa shape index (κ3) is 2.41. The molecule has 2 rings (SSSR count). The van der Waals surface area contributed by atoms with Crippen LogP contribution in [0.4, 0.5) is 0 Å². The first-order valence-electron chi connectivity index (χ1n) is 6.46. The van der Waals surface area contributed by atoms with Gasteiger partial charge in [0.2, 0.25) is 0 Å². The van der Waals surface area contributed by atoms with Crippen molar-refractivity contribution in [3.05, 3.63) is 35.4 Å². The highest BCUT2D eigenvalue weighted by molar-refractivity contribution is 5.80. The van der Waals surface area contributed by atoms with Gasteiger partial charge in [0.15, 0.2) is 0 Å². The Hall–Kier alpha value is -1.35. The fourth-order valence-corrected chi connectivity index (χ4v) is 2.33. The predicted octanol–water partition coefficient (Wildman–Crippen LogP) is 2.64. The fraction of sp³-hybridized carbons (Fsp3) is 0.533. The number of benzene rings is 1. The van der Waals surface area contributed by atoms with Crippen LogP contribution in [0.1, 0.15) is 30.9 Å². The van der Waals surface area contributed by atoms with Crippen molar-refractivity contribution in [2.24, 2.45) is 5.92 Å². The molecule has 0 radical (unpaired) electrons. The molecule has 0 heterocycles. The van der Waals surface area contributed by atoms with E-state index in [1.165, 1.54) is 12.8 Å². The Bertz CT molecular complexity index is 454. The maximum absolute atomic E-state index is 11.7. The largest absolute Gasteiger partial charge is 0.480 e. The normalized spacial score (nSPS) is 18.7. The highest BCUT2D eigenvalue weighted by Crippen LogP contribution is 2.35. The lowest BCUT2D eigenvalue weighted by molar-refractivity contribution is -0.150. The molecular weight excluding hydrogens is 226 g/mol. The van der Waals surface area contributed by atoms with Gasteiger partial charge in [-0.2, -0.15) is 0 Å². The molecule has 1 fully saturated rings. The van der Waals surface area contributed by atoms with E-state index >= 15 is 0 Å². The number of rotatable bonds is 5. The molecular formula is C15H21NO2. The molecule has 1 aliphatic carbocycles. The summed E-state index contributed by atoms with van der Waals surface area (Å²) in [5, 5.41) is 9.64. The monoisotopic (exact) mass is 247 g/mol. The summed E-state index contributed by atoms with van der Waals surface area (Å²) in [4.78, 5) is 13.7. The summed E-state index contributed by atoms with van der Waals surface area (Å²) in [6.07, 6.45) is 2.46. The summed E-state index contributed by atoms with van der Waals surface area (Å²) in [5.41, 5.74) is 1.02. The number of carboxylic acids is 1. The first kappa shape index (κ1) is 13.1. The molecule has 1 saturated carbocycles. The van der Waals surface area contributed by atoms with Gasteiger partial charge in [0, 0.05) is 6.54 Å². The summed E-state index contributed by atoms with van der Waals surface area (Å²) in [6.45, 7) is 4.65. The van der Waals surface area contributed by atoms with Crippen LogP contribution in [0.3, 0.4) is 0 Å². The minimum atomic E-state index is -0.936. The van der Waals surface area contributed by atoms with Crippen LogP contribution in [-0.4, -0.2) is 29.6 Å². The predicted molar refractivity (Wildman–Crippen MR) is 71.5 cm³/mol. The number of carboxylic acid groups (broad SMARTS) is 1. The molecule has 1 aliphatic rings. The van der Waals surface area contributed by atoms with Gasteiger partial charge >= 0.3 is 5.97 Å². The van der Waals surface area contributed by atoms with Crippen LogP contribution in [0.2, 0.25) is 0 Å². The van der Waals surface area contributed by atoms with Crippen LogP contribution in [0.25, 0.3) is 0 Å². The van der Waals surface area contributed by atoms with Crippen molar-refractivity contribution in [3.63, 3.8) is 0 Å². The highest BCUT2D eigenvalue weighted by atomic mass is 16.4. The Kier molecular flexibility index (Phi) is 3.44. The van der Waals surface area contributed by atoms with Crippen molar-refractivity contribution in [1.29, 1.82) is 0 Å². The molecule has 0 aromatic heterocycles. The number of aliphatic carboxylic acids is 1. The van der Waals surface area contributed by atoms with E-state index in [-0.39, 0.29) is 0 Å². The number of aryl methyl sites for hydroxylation is 1. The van der Waals surface area contributed by atoms with Crippen LogP contribution in [0.15, 0.2) is 24.3 Å². The molecule has 1 atom stereocenters. The molecule has 1 N–H and O–H groups in total. The Morgan fingerprint density at radius 1 is 1.50 bits per heavy atom. The summed E-state index contributed by atoms with van der Waals surface area (Å²) in [7, 11) is 1.91. The molecule has 1 unspecified atom stereocenters. The van der Waals surface area contributed by atoms with Crippen molar-refractivity contribution in [2.45, 2.75) is 32.2 Å². The maximum Gasteiger partial charge on any atom is 0.328 e. The number of carbonyl (C=O) groups is 1. The lowest BCUT2D eigenvalue weighted by Crippen LogP contribution is -2.48. The first-order chi connectivity index (χ1) is 8.44. The summed E-state index contributed by atoms with van der Waals surface area (Å²) in [5.74, 6) is -0.102. The zero-order chi connectivity index (χ0) is 13.3. The van der Waals surface area contributed by atoms with Crippen LogP contribution in [0.5, 0.6) is 0 Å². The summed E-state index contributed by atoms with van der Waals surface area (Å²) >= 11 is 0. The average molecular weight is 247 g/mol. The van der Waals surface area contributed by atoms with E-state index in [0.29, 0.717) is 5.92 Å². The van der Waals surface area contributed by atoms with Crippen LogP contribution >= 0.6 is 0 Å². The molecule has 18 heavy (non-hydrogen) atoms. The number of hydrogen-bond donors (Lipinski definition) is 1. The van der Waals surface area contributed by atoms with E-state index in [9.17, 15) is 9.90 Å². The van der Waals surface area contributed by atoms with Gasteiger partial charge in [-0.1, -0.05) is 29.8 Å². The van der Waals surface area contributed by atoms with Crippen molar-refractivity contribution in [1.82, 2.24) is 4.90 Å². The third-order valence-electron chi connectivity index (χ3n) is 3.99. The standard InChI is InChI=1S/C15H21NO2/c1-11-5-4-6-13(9-11)15(2,14(17)18)16(3)10-12-7-8-12/h4-6,9,12H,7-8,10H2,1-3H3,(H,17,18). The second kappa shape index (κ2) is 4.73. The SMILES string of the molecule is Cc1cccc(C(C)(C(=O)O)N(C)CC2CC2)c1. The van der Waals surface area contributed by atoms with E-state index in [0.717, 1.165) is 17.7 Å². The Balaban J connectivity index is 2.32. The third-order valence-corrected chi connectivity index (χ3v) is 3.99. The number of likely N-dealkylation sites (N-methyl/N-ethyl adjacent to an activating group) is 1. The van der Waals surface area contributed by atoms with Crippen LogP contribution < -0.4 is 0 Å². The molecule has 0 saturated heterocycles. The Labute approximate surface area is 108 Å². The zero-order valence-electron chi connectivity index (χ0n) is 11.3. The Morgan fingerprint density at radius 2 is 2.17 bits per heavy atom. The van der Waals surface area contributed by atoms with Crippen molar-refractivity contribution >= 4 is 5.97 Å². The van der Waals surface area contributed by atoms with E-state index in [2.05, 4.69) is 0 Å². The van der Waals surface area contributed by atoms with Gasteiger partial charge in [-0.15, -0.1) is 0 Å². The second-order valence-corrected chi connectivity index (χ2v) is 5.57. The molecule has 98 valence electrons. The molecule has 0 spiro atoms. The number of nitrogens with zero attached hydrogens (tertiary/aromatic N) is 1. The van der Waals surface area contributed by atoms with E-state index in [1.807, 2.05) is 43.1 Å². The summed E-state index contributed by atoms with van der Waals surface area (Å²) in [6, 6.07) is 7.80. The molecule has 0 bridgehead atoms. The maximum atomic E-state index is 11.7. The van der Waals surface area contributed by atoms with Crippen LogP contribution in [0, 0.1) is 12.8 Å². The van der Waals surface area contributed by atoms with Gasteiger partial charge < -0.3 is 5.11 Å². The van der Waals surface area contributed by atoms with Crippen molar-refractivity contribution < 1.29 is 9.90 Å². The van der Waals surface area contributed by atoms with Gasteiger partial charge in [0.25, 0.3) is 0 Å². The van der Waals surface area contributed by atoms with Gasteiger partial charge in [-0.25, -0.2) is 4.79 Å². The zero-order valence-corrected chi connectivity index (χ0v) is 11.3. The molecule has 1 aromatic rings. The smallest absolute Gasteiger partial charge is 0.328 e. The van der Waals surface area contributed by atoms with E-state index in [4.69, 9.17) is 0 Å². The lowest BCUT2D eigenvalue weighted by Gasteiger charge is -2.35. The van der Waals surface area contributed by atoms with E-state index < -0.39 is 11.5 Å². The molecule has 1 aromatic carbocycles. The fourth-order valence-electron chi connectivity index (χ4n) is 2.33. The van der Waals surface area contributed by atoms with Crippen molar-refractivity contribution in [2.75, 3.05) is 13.6 Å². The lowest BCUT2D eigenvalue weighted by atomic mass is 9.89. The quantitative estimate of drug-likeness (QED) is 0.869. The second-order valence-electron chi connectivity index (χ2n) is 5.57. The molecule has 0 amide bonds. The highest BCUT2D eigenvalue weighted by Gasteiger charge is 2.41. The summed E-state index contributed by atoms with van der Waals surface area (Å²) < 4.78 is 0. The molecule has 3 heteroatoms. The van der Waals surface area contributed by atoms with E-state index in [1.54, 1.807) is 6.92 Å².